The third-order valence-corrected chi connectivity index (χ3v) is 3.11. The molecule has 0 spiro atoms. The van der Waals surface area contributed by atoms with Crippen molar-refractivity contribution in [1.82, 2.24) is 19.9 Å². The second-order valence-electron chi connectivity index (χ2n) is 4.52. The normalized spacial score (nSPS) is 10.9. The minimum atomic E-state index is 0.522. The first-order chi connectivity index (χ1) is 10.4. The van der Waals surface area contributed by atoms with Crippen LogP contribution in [0.15, 0.2) is 65.6 Å². The lowest BCUT2D eigenvalue weighted by molar-refractivity contribution is 0.619. The van der Waals surface area contributed by atoms with E-state index in [1.807, 2.05) is 36.4 Å². The minimum Gasteiger partial charge on any atom is -0.436 e. The Balaban J connectivity index is 1.73. The summed E-state index contributed by atoms with van der Waals surface area (Å²) in [4.78, 5) is 17.2. The molecule has 0 amide bonds. The fourth-order valence-electron chi connectivity index (χ4n) is 2.08. The molecule has 0 fully saturated rings. The summed E-state index contributed by atoms with van der Waals surface area (Å²) in [6, 6.07) is 11.4. The van der Waals surface area contributed by atoms with Crippen LogP contribution in [0.2, 0.25) is 0 Å². The molecule has 100 valence electrons. The fraction of sp³-hybridized carbons (Fsp3) is 0. The van der Waals surface area contributed by atoms with E-state index >= 15 is 0 Å². The lowest BCUT2D eigenvalue weighted by atomic mass is 10.2. The third-order valence-electron chi connectivity index (χ3n) is 3.11. The number of hydrogen-bond acceptors (Lipinski definition) is 5. The number of hydrogen-bond donors (Lipinski definition) is 0. The minimum absolute atomic E-state index is 0.522. The Morgan fingerprint density at radius 3 is 2.43 bits per heavy atom. The van der Waals surface area contributed by atoms with Crippen molar-refractivity contribution in [2.24, 2.45) is 0 Å². The summed E-state index contributed by atoms with van der Waals surface area (Å²) in [5, 5.41) is 0. The van der Waals surface area contributed by atoms with Crippen LogP contribution in [-0.2, 0) is 0 Å². The molecule has 21 heavy (non-hydrogen) atoms. The van der Waals surface area contributed by atoms with Gasteiger partial charge >= 0.3 is 0 Å². The van der Waals surface area contributed by atoms with Gasteiger partial charge in [-0.3, -0.25) is 4.98 Å². The van der Waals surface area contributed by atoms with Gasteiger partial charge in [0.05, 0.1) is 5.56 Å². The Morgan fingerprint density at radius 2 is 1.67 bits per heavy atom. The van der Waals surface area contributed by atoms with Gasteiger partial charge in [0, 0.05) is 30.4 Å². The summed E-state index contributed by atoms with van der Waals surface area (Å²) in [5.41, 5.74) is 3.20. The molecular weight excluding hydrogens is 264 g/mol. The fourth-order valence-corrected chi connectivity index (χ4v) is 2.08. The Labute approximate surface area is 120 Å². The highest BCUT2D eigenvalue weighted by atomic mass is 16.3. The highest BCUT2D eigenvalue weighted by Crippen LogP contribution is 2.23. The number of nitrogens with zero attached hydrogens (tertiary/aromatic N) is 4. The molecule has 0 aliphatic rings. The molecule has 0 aliphatic carbocycles. The van der Waals surface area contributed by atoms with Crippen molar-refractivity contribution >= 4 is 11.1 Å². The average Bonchev–Trinajstić information content (AvgIpc) is 3.00. The number of benzene rings is 1. The van der Waals surface area contributed by atoms with Gasteiger partial charge in [0.1, 0.15) is 5.52 Å². The van der Waals surface area contributed by atoms with E-state index in [1.165, 1.54) is 0 Å². The lowest BCUT2D eigenvalue weighted by Gasteiger charge is -1.99. The number of rotatable bonds is 2. The van der Waals surface area contributed by atoms with Crippen molar-refractivity contribution in [3.05, 3.63) is 61.2 Å². The first kappa shape index (κ1) is 11.7. The van der Waals surface area contributed by atoms with Crippen molar-refractivity contribution in [1.29, 1.82) is 0 Å². The lowest BCUT2D eigenvalue weighted by Crippen LogP contribution is -1.90. The van der Waals surface area contributed by atoms with Gasteiger partial charge < -0.3 is 4.42 Å². The third kappa shape index (κ3) is 2.14. The van der Waals surface area contributed by atoms with Crippen molar-refractivity contribution in [3.8, 4) is 22.8 Å². The smallest absolute Gasteiger partial charge is 0.230 e. The maximum Gasteiger partial charge on any atom is 0.230 e. The van der Waals surface area contributed by atoms with E-state index in [0.29, 0.717) is 11.7 Å². The second-order valence-corrected chi connectivity index (χ2v) is 4.52. The summed E-state index contributed by atoms with van der Waals surface area (Å²) in [5.74, 6) is 1.15. The number of pyridine rings is 1. The van der Waals surface area contributed by atoms with Gasteiger partial charge in [0.15, 0.2) is 11.4 Å². The SMILES string of the molecule is c1cncc(-c2ncc(-c3nc4ccccc4o3)cn2)c1. The van der Waals surface area contributed by atoms with Crippen LogP contribution in [0.25, 0.3) is 33.9 Å². The summed E-state index contributed by atoms with van der Waals surface area (Å²) in [7, 11) is 0. The Hall–Kier alpha value is -3.08. The van der Waals surface area contributed by atoms with Crippen LogP contribution in [0, 0.1) is 0 Å². The molecule has 0 atom stereocenters. The maximum absolute atomic E-state index is 5.70. The molecule has 4 rings (SSSR count). The molecule has 3 aromatic heterocycles. The first-order valence-corrected chi connectivity index (χ1v) is 6.48. The van der Waals surface area contributed by atoms with E-state index in [9.17, 15) is 0 Å². The largest absolute Gasteiger partial charge is 0.436 e. The molecule has 3 heterocycles. The number of para-hydroxylation sites is 2. The van der Waals surface area contributed by atoms with E-state index < -0.39 is 0 Å². The quantitative estimate of drug-likeness (QED) is 0.561. The highest BCUT2D eigenvalue weighted by molar-refractivity contribution is 5.75. The van der Waals surface area contributed by atoms with E-state index in [-0.39, 0.29) is 0 Å². The van der Waals surface area contributed by atoms with Gasteiger partial charge in [0.2, 0.25) is 5.89 Å². The van der Waals surface area contributed by atoms with Gasteiger partial charge in [-0.05, 0) is 24.3 Å². The predicted molar refractivity (Wildman–Crippen MR) is 78.3 cm³/mol. The van der Waals surface area contributed by atoms with Crippen molar-refractivity contribution in [2.45, 2.75) is 0 Å². The Kier molecular flexibility index (Phi) is 2.67. The standard InChI is InChI=1S/C16H10N4O/c1-2-6-14-13(5-1)20-16(21-14)12-9-18-15(19-10-12)11-4-3-7-17-8-11/h1-10H. The molecule has 0 radical (unpaired) electrons. The molecule has 0 aliphatic heterocycles. The number of aromatic nitrogens is 4. The molecule has 0 saturated carbocycles. The van der Waals surface area contributed by atoms with E-state index in [0.717, 1.165) is 22.2 Å². The zero-order chi connectivity index (χ0) is 14.1. The zero-order valence-electron chi connectivity index (χ0n) is 11.0. The molecular formula is C16H10N4O. The Morgan fingerprint density at radius 1 is 0.810 bits per heavy atom. The first-order valence-electron chi connectivity index (χ1n) is 6.48. The van der Waals surface area contributed by atoms with Gasteiger partial charge in [-0.2, -0.15) is 0 Å². The van der Waals surface area contributed by atoms with Crippen molar-refractivity contribution in [2.75, 3.05) is 0 Å². The summed E-state index contributed by atoms with van der Waals surface area (Å²) >= 11 is 0. The van der Waals surface area contributed by atoms with E-state index in [4.69, 9.17) is 4.42 Å². The van der Waals surface area contributed by atoms with Crippen LogP contribution in [0.1, 0.15) is 0 Å². The summed E-state index contributed by atoms with van der Waals surface area (Å²) < 4.78 is 5.70. The van der Waals surface area contributed by atoms with E-state index in [1.54, 1.807) is 24.8 Å². The molecule has 5 nitrogen and oxygen atoms in total. The van der Waals surface area contributed by atoms with Gasteiger partial charge in [-0.15, -0.1) is 0 Å². The van der Waals surface area contributed by atoms with Crippen LogP contribution >= 0.6 is 0 Å². The molecule has 5 heteroatoms. The van der Waals surface area contributed by atoms with Gasteiger partial charge in [-0.1, -0.05) is 12.1 Å². The highest BCUT2D eigenvalue weighted by Gasteiger charge is 2.09. The van der Waals surface area contributed by atoms with Crippen LogP contribution < -0.4 is 0 Å². The molecule has 0 saturated heterocycles. The maximum atomic E-state index is 5.70. The van der Waals surface area contributed by atoms with Gasteiger partial charge in [0.25, 0.3) is 0 Å². The van der Waals surface area contributed by atoms with Crippen LogP contribution in [0.4, 0.5) is 0 Å². The van der Waals surface area contributed by atoms with Gasteiger partial charge in [-0.25, -0.2) is 15.0 Å². The second kappa shape index (κ2) is 4.79. The van der Waals surface area contributed by atoms with Crippen LogP contribution in [0.5, 0.6) is 0 Å². The topological polar surface area (TPSA) is 64.7 Å². The molecule has 0 N–H and O–H groups in total. The monoisotopic (exact) mass is 274 g/mol. The van der Waals surface area contributed by atoms with E-state index in [2.05, 4.69) is 19.9 Å². The van der Waals surface area contributed by atoms with Crippen LogP contribution in [0.3, 0.4) is 0 Å². The summed E-state index contributed by atoms with van der Waals surface area (Å²) in [6.07, 6.45) is 6.87. The van der Waals surface area contributed by atoms with Crippen LogP contribution in [-0.4, -0.2) is 19.9 Å². The average molecular weight is 274 g/mol. The number of oxazole rings is 1. The van der Waals surface area contributed by atoms with Crippen molar-refractivity contribution < 1.29 is 4.42 Å². The number of fused-ring (bicyclic) bond motifs is 1. The van der Waals surface area contributed by atoms with Crippen molar-refractivity contribution in [3.63, 3.8) is 0 Å². The predicted octanol–water partition coefficient (Wildman–Crippen LogP) is 3.35. The molecule has 0 unspecified atom stereocenters. The Bertz CT molecular complexity index is 852. The summed E-state index contributed by atoms with van der Waals surface area (Å²) in [6.45, 7) is 0. The molecule has 0 bridgehead atoms. The molecule has 1 aromatic carbocycles. The molecule has 4 aromatic rings. The zero-order valence-corrected chi connectivity index (χ0v) is 11.0.